The van der Waals surface area contributed by atoms with Gasteiger partial charge in [0.2, 0.25) is 5.91 Å². The number of fused-ring (bicyclic) bond motifs is 5. The molecule has 1 saturated carbocycles. The van der Waals surface area contributed by atoms with Crippen molar-refractivity contribution in [3.63, 3.8) is 0 Å². The summed E-state index contributed by atoms with van der Waals surface area (Å²) in [6.07, 6.45) is 2.46. The molecule has 6 heteroatoms. The molecule has 3 aliphatic heterocycles. The fourth-order valence-corrected chi connectivity index (χ4v) is 3.24. The lowest BCUT2D eigenvalue weighted by Gasteiger charge is -2.26. The van der Waals surface area contributed by atoms with Crippen LogP contribution in [0.2, 0.25) is 0 Å². The SMILES string of the molecule is O=C(C1CC1)N1C(=O)C2C3CC(CN3)N2C1=O. The third kappa shape index (κ3) is 1.06. The summed E-state index contributed by atoms with van der Waals surface area (Å²) in [7, 11) is 0. The van der Waals surface area contributed by atoms with Crippen molar-refractivity contribution in [1.29, 1.82) is 0 Å². The summed E-state index contributed by atoms with van der Waals surface area (Å²) in [5.41, 5.74) is 0. The molecule has 0 radical (unpaired) electrons. The summed E-state index contributed by atoms with van der Waals surface area (Å²) in [4.78, 5) is 38.7. The Morgan fingerprint density at radius 3 is 2.71 bits per heavy atom. The lowest BCUT2D eigenvalue weighted by atomic mass is 10.1. The lowest BCUT2D eigenvalue weighted by Crippen LogP contribution is -2.51. The molecule has 4 fully saturated rings. The van der Waals surface area contributed by atoms with Crippen LogP contribution in [0.15, 0.2) is 0 Å². The molecule has 0 aromatic rings. The lowest BCUT2D eigenvalue weighted by molar-refractivity contribution is -0.140. The van der Waals surface area contributed by atoms with Crippen molar-refractivity contribution >= 4 is 17.8 Å². The predicted molar refractivity (Wildman–Crippen MR) is 55.8 cm³/mol. The molecular weight excluding hydrogens is 222 g/mol. The maximum Gasteiger partial charge on any atom is 0.334 e. The molecule has 1 aliphatic carbocycles. The maximum absolute atomic E-state index is 12.2. The van der Waals surface area contributed by atoms with Gasteiger partial charge in [0.1, 0.15) is 6.04 Å². The van der Waals surface area contributed by atoms with Gasteiger partial charge in [-0.25, -0.2) is 4.79 Å². The van der Waals surface area contributed by atoms with E-state index < -0.39 is 6.04 Å². The number of urea groups is 1. The van der Waals surface area contributed by atoms with E-state index >= 15 is 0 Å². The fourth-order valence-electron chi connectivity index (χ4n) is 3.24. The van der Waals surface area contributed by atoms with Crippen LogP contribution < -0.4 is 5.32 Å². The number of amides is 4. The van der Waals surface area contributed by atoms with Gasteiger partial charge in [0.25, 0.3) is 5.91 Å². The van der Waals surface area contributed by atoms with Gasteiger partial charge in [0, 0.05) is 24.5 Å². The topological polar surface area (TPSA) is 69.7 Å². The van der Waals surface area contributed by atoms with Crippen molar-refractivity contribution in [2.45, 2.75) is 37.4 Å². The van der Waals surface area contributed by atoms with Crippen molar-refractivity contribution in [2.75, 3.05) is 6.54 Å². The second kappa shape index (κ2) is 2.87. The normalized spacial score (nSPS) is 39.2. The zero-order valence-electron chi connectivity index (χ0n) is 9.26. The average molecular weight is 235 g/mol. The fraction of sp³-hybridized carbons (Fsp3) is 0.727. The van der Waals surface area contributed by atoms with Crippen LogP contribution in [0.25, 0.3) is 0 Å². The minimum absolute atomic E-state index is 0.0495. The van der Waals surface area contributed by atoms with E-state index in [9.17, 15) is 14.4 Å². The first-order valence-electron chi connectivity index (χ1n) is 6.12. The molecule has 2 bridgehead atoms. The molecule has 4 rings (SSSR count). The van der Waals surface area contributed by atoms with Crippen LogP contribution in [-0.4, -0.2) is 52.3 Å². The molecule has 90 valence electrons. The molecule has 4 amide bonds. The Hall–Kier alpha value is -1.43. The summed E-state index contributed by atoms with van der Waals surface area (Å²) in [5.74, 6) is -0.686. The van der Waals surface area contributed by atoms with Crippen LogP contribution in [0, 0.1) is 5.92 Å². The van der Waals surface area contributed by atoms with E-state index in [1.807, 2.05) is 0 Å². The number of imide groups is 3. The molecule has 0 aromatic heterocycles. The number of piperazine rings is 1. The van der Waals surface area contributed by atoms with Gasteiger partial charge in [0.05, 0.1) is 0 Å². The summed E-state index contributed by atoms with van der Waals surface area (Å²) in [6, 6.07) is -0.665. The second-order valence-electron chi connectivity index (χ2n) is 5.33. The number of carbonyl (C=O) groups excluding carboxylic acids is 3. The van der Waals surface area contributed by atoms with Gasteiger partial charge in [-0.3, -0.25) is 9.59 Å². The van der Waals surface area contributed by atoms with E-state index in [-0.39, 0.29) is 35.8 Å². The van der Waals surface area contributed by atoms with E-state index in [0.29, 0.717) is 0 Å². The Morgan fingerprint density at radius 1 is 1.29 bits per heavy atom. The highest BCUT2D eigenvalue weighted by Gasteiger charge is 2.61. The highest BCUT2D eigenvalue weighted by molar-refractivity contribution is 6.18. The molecule has 0 spiro atoms. The molecule has 3 saturated heterocycles. The molecule has 0 aromatic carbocycles. The summed E-state index contributed by atoms with van der Waals surface area (Å²) in [6.45, 7) is 0.742. The van der Waals surface area contributed by atoms with Gasteiger partial charge in [0.15, 0.2) is 0 Å². The molecule has 3 heterocycles. The van der Waals surface area contributed by atoms with Gasteiger partial charge >= 0.3 is 6.03 Å². The smallest absolute Gasteiger partial charge is 0.309 e. The molecule has 6 nitrogen and oxygen atoms in total. The number of carbonyl (C=O) groups is 3. The van der Waals surface area contributed by atoms with E-state index in [1.54, 1.807) is 4.90 Å². The van der Waals surface area contributed by atoms with E-state index in [1.165, 1.54) is 0 Å². The van der Waals surface area contributed by atoms with E-state index in [2.05, 4.69) is 5.32 Å². The summed E-state index contributed by atoms with van der Waals surface area (Å²) < 4.78 is 0. The van der Waals surface area contributed by atoms with Crippen molar-refractivity contribution < 1.29 is 14.4 Å². The Kier molecular flexibility index (Phi) is 1.62. The quantitative estimate of drug-likeness (QED) is 0.482. The number of rotatable bonds is 1. The minimum Gasteiger partial charge on any atom is -0.309 e. The molecule has 3 unspecified atom stereocenters. The van der Waals surface area contributed by atoms with Crippen molar-refractivity contribution in [2.24, 2.45) is 5.92 Å². The monoisotopic (exact) mass is 235 g/mol. The van der Waals surface area contributed by atoms with Crippen LogP contribution in [0.5, 0.6) is 0 Å². The zero-order valence-corrected chi connectivity index (χ0v) is 9.26. The highest BCUT2D eigenvalue weighted by Crippen LogP contribution is 2.39. The van der Waals surface area contributed by atoms with Crippen LogP contribution in [0.4, 0.5) is 4.79 Å². The standard InChI is InChI=1S/C11H13N3O3/c15-9(5-1-2-5)14-10(16)8-7-3-6(4-12-7)13(8)11(14)17/h5-8,12H,1-4H2. The second-order valence-corrected chi connectivity index (χ2v) is 5.33. The van der Waals surface area contributed by atoms with Gasteiger partial charge < -0.3 is 10.2 Å². The third-order valence-electron chi connectivity index (χ3n) is 4.25. The Bertz CT molecular complexity index is 417. The Labute approximate surface area is 97.9 Å². The molecular formula is C11H13N3O3. The number of hydrogen-bond acceptors (Lipinski definition) is 4. The van der Waals surface area contributed by atoms with Crippen molar-refractivity contribution in [3.05, 3.63) is 0 Å². The number of nitrogens with one attached hydrogen (secondary N) is 1. The molecule has 4 aliphatic rings. The minimum atomic E-state index is -0.427. The van der Waals surface area contributed by atoms with Crippen LogP contribution in [-0.2, 0) is 9.59 Å². The van der Waals surface area contributed by atoms with Gasteiger partial charge in [-0.2, -0.15) is 4.90 Å². The highest BCUT2D eigenvalue weighted by atomic mass is 16.2. The maximum atomic E-state index is 12.2. The van der Waals surface area contributed by atoms with E-state index in [4.69, 9.17) is 0 Å². The van der Waals surface area contributed by atoms with Gasteiger partial charge in [-0.15, -0.1) is 0 Å². The first-order chi connectivity index (χ1) is 8.18. The Balaban J connectivity index is 1.69. The number of nitrogens with zero attached hydrogens (tertiary/aromatic N) is 2. The summed E-state index contributed by atoms with van der Waals surface area (Å²) in [5, 5.41) is 3.23. The van der Waals surface area contributed by atoms with Crippen molar-refractivity contribution in [1.82, 2.24) is 15.1 Å². The van der Waals surface area contributed by atoms with E-state index in [0.717, 1.165) is 30.7 Å². The first-order valence-corrected chi connectivity index (χ1v) is 6.12. The van der Waals surface area contributed by atoms with Gasteiger partial charge in [-0.05, 0) is 19.3 Å². The third-order valence-corrected chi connectivity index (χ3v) is 4.25. The number of hydrogen-bond donors (Lipinski definition) is 1. The Morgan fingerprint density at radius 2 is 2.06 bits per heavy atom. The predicted octanol–water partition coefficient (Wildman–Crippen LogP) is -0.700. The average Bonchev–Trinajstić information content (AvgIpc) is 2.88. The zero-order chi connectivity index (χ0) is 11.7. The molecule has 3 atom stereocenters. The van der Waals surface area contributed by atoms with Crippen LogP contribution in [0.1, 0.15) is 19.3 Å². The van der Waals surface area contributed by atoms with Crippen LogP contribution in [0.3, 0.4) is 0 Å². The summed E-state index contributed by atoms with van der Waals surface area (Å²) >= 11 is 0. The van der Waals surface area contributed by atoms with Crippen LogP contribution >= 0.6 is 0 Å². The van der Waals surface area contributed by atoms with Crippen molar-refractivity contribution in [3.8, 4) is 0 Å². The first kappa shape index (κ1) is 9.58. The largest absolute Gasteiger partial charge is 0.334 e. The molecule has 1 N–H and O–H groups in total. The molecule has 17 heavy (non-hydrogen) atoms. The van der Waals surface area contributed by atoms with Gasteiger partial charge in [-0.1, -0.05) is 0 Å².